The predicted octanol–water partition coefficient (Wildman–Crippen LogP) is 2.83. The molecule has 0 bridgehead atoms. The zero-order chi connectivity index (χ0) is 17.3. The fourth-order valence-electron chi connectivity index (χ4n) is 2.75. The highest BCUT2D eigenvalue weighted by Crippen LogP contribution is 2.28. The van der Waals surface area contributed by atoms with Gasteiger partial charge in [-0.3, -0.25) is 0 Å². The SMILES string of the molecule is Cc1cc(C)nc(N2CCN(c3ccc(C(F)(F)F)nc3)CC2)n1. The smallest absolute Gasteiger partial charge is 0.367 e. The van der Waals surface area contributed by atoms with Crippen LogP contribution in [0.5, 0.6) is 0 Å². The molecule has 128 valence electrons. The second-order valence-corrected chi connectivity index (χ2v) is 5.82. The number of hydrogen-bond donors (Lipinski definition) is 0. The van der Waals surface area contributed by atoms with Crippen molar-refractivity contribution in [3.05, 3.63) is 41.5 Å². The molecule has 0 atom stereocenters. The molecule has 0 unspecified atom stereocenters. The molecule has 0 aromatic carbocycles. The monoisotopic (exact) mass is 337 g/mol. The average molecular weight is 337 g/mol. The van der Waals surface area contributed by atoms with E-state index in [1.807, 2.05) is 24.8 Å². The van der Waals surface area contributed by atoms with Crippen LogP contribution < -0.4 is 9.80 Å². The quantitative estimate of drug-likeness (QED) is 0.843. The first-order valence-electron chi connectivity index (χ1n) is 7.68. The number of pyridine rings is 1. The first-order valence-corrected chi connectivity index (χ1v) is 7.68. The lowest BCUT2D eigenvalue weighted by Crippen LogP contribution is -2.47. The first-order chi connectivity index (χ1) is 11.3. The maximum atomic E-state index is 12.6. The van der Waals surface area contributed by atoms with Gasteiger partial charge in [-0.1, -0.05) is 0 Å². The summed E-state index contributed by atoms with van der Waals surface area (Å²) >= 11 is 0. The molecular weight excluding hydrogens is 319 g/mol. The van der Waals surface area contributed by atoms with Crippen molar-refractivity contribution < 1.29 is 13.2 Å². The standard InChI is InChI=1S/C16H18F3N5/c1-11-9-12(2)22-15(21-11)24-7-5-23(6-8-24)13-3-4-14(20-10-13)16(17,18)19/h3-4,9-10H,5-8H2,1-2H3. The van der Waals surface area contributed by atoms with E-state index in [0.29, 0.717) is 37.8 Å². The Morgan fingerprint density at radius 1 is 0.917 bits per heavy atom. The number of nitrogens with zero attached hydrogens (tertiary/aromatic N) is 5. The average Bonchev–Trinajstić information content (AvgIpc) is 2.53. The molecule has 8 heteroatoms. The number of aryl methyl sites for hydroxylation is 2. The molecule has 1 fully saturated rings. The van der Waals surface area contributed by atoms with Crippen molar-refractivity contribution >= 4 is 11.6 Å². The van der Waals surface area contributed by atoms with Crippen molar-refractivity contribution in [2.24, 2.45) is 0 Å². The molecule has 0 radical (unpaired) electrons. The number of halogens is 3. The van der Waals surface area contributed by atoms with E-state index in [-0.39, 0.29) is 0 Å². The molecule has 24 heavy (non-hydrogen) atoms. The Hall–Kier alpha value is -2.38. The number of hydrogen-bond acceptors (Lipinski definition) is 5. The van der Waals surface area contributed by atoms with Gasteiger partial charge in [0.25, 0.3) is 0 Å². The Morgan fingerprint density at radius 2 is 1.50 bits per heavy atom. The van der Waals surface area contributed by atoms with Crippen molar-refractivity contribution in [3.63, 3.8) is 0 Å². The van der Waals surface area contributed by atoms with Gasteiger partial charge in [0.2, 0.25) is 5.95 Å². The van der Waals surface area contributed by atoms with E-state index in [1.54, 1.807) is 0 Å². The molecule has 0 amide bonds. The molecule has 5 nitrogen and oxygen atoms in total. The highest BCUT2D eigenvalue weighted by molar-refractivity contribution is 5.47. The molecule has 0 aliphatic carbocycles. The lowest BCUT2D eigenvalue weighted by Gasteiger charge is -2.36. The minimum Gasteiger partial charge on any atom is -0.367 e. The second kappa shape index (κ2) is 6.26. The zero-order valence-corrected chi connectivity index (χ0v) is 13.5. The van der Waals surface area contributed by atoms with E-state index in [2.05, 4.69) is 19.9 Å². The van der Waals surface area contributed by atoms with Crippen molar-refractivity contribution in [1.82, 2.24) is 15.0 Å². The van der Waals surface area contributed by atoms with E-state index in [0.717, 1.165) is 17.5 Å². The molecule has 1 saturated heterocycles. The maximum absolute atomic E-state index is 12.6. The minimum atomic E-state index is -4.41. The molecular formula is C16H18F3N5. The molecule has 0 spiro atoms. The van der Waals surface area contributed by atoms with Gasteiger partial charge in [-0.2, -0.15) is 13.2 Å². The van der Waals surface area contributed by atoms with E-state index in [9.17, 15) is 13.2 Å². The van der Waals surface area contributed by atoms with Crippen molar-refractivity contribution in [2.75, 3.05) is 36.0 Å². The van der Waals surface area contributed by atoms with E-state index in [1.165, 1.54) is 12.3 Å². The van der Waals surface area contributed by atoms with Gasteiger partial charge < -0.3 is 9.80 Å². The number of alkyl halides is 3. The summed E-state index contributed by atoms with van der Waals surface area (Å²) in [7, 11) is 0. The van der Waals surface area contributed by atoms with Crippen LogP contribution in [0.15, 0.2) is 24.4 Å². The third-order valence-electron chi connectivity index (χ3n) is 3.94. The van der Waals surface area contributed by atoms with Crippen LogP contribution in [0.2, 0.25) is 0 Å². The van der Waals surface area contributed by atoms with Gasteiger partial charge in [-0.05, 0) is 32.0 Å². The van der Waals surface area contributed by atoms with E-state index in [4.69, 9.17) is 0 Å². The van der Waals surface area contributed by atoms with Crippen molar-refractivity contribution in [2.45, 2.75) is 20.0 Å². The normalized spacial score (nSPS) is 15.7. The van der Waals surface area contributed by atoms with Crippen LogP contribution in [0.25, 0.3) is 0 Å². The van der Waals surface area contributed by atoms with Gasteiger partial charge in [-0.25, -0.2) is 15.0 Å². The third kappa shape index (κ3) is 3.58. The maximum Gasteiger partial charge on any atom is 0.433 e. The minimum absolute atomic E-state index is 0.684. The van der Waals surface area contributed by atoms with Gasteiger partial charge in [-0.15, -0.1) is 0 Å². The topological polar surface area (TPSA) is 45.2 Å². The summed E-state index contributed by atoms with van der Waals surface area (Å²) in [4.78, 5) is 16.5. The van der Waals surface area contributed by atoms with E-state index >= 15 is 0 Å². The summed E-state index contributed by atoms with van der Waals surface area (Å²) < 4.78 is 37.7. The molecule has 3 rings (SSSR count). The lowest BCUT2D eigenvalue weighted by molar-refractivity contribution is -0.141. The number of anilines is 2. The summed E-state index contributed by atoms with van der Waals surface area (Å²) in [6, 6.07) is 4.42. The highest BCUT2D eigenvalue weighted by atomic mass is 19.4. The lowest BCUT2D eigenvalue weighted by atomic mass is 10.2. The van der Waals surface area contributed by atoms with Gasteiger partial charge in [0.05, 0.1) is 11.9 Å². The van der Waals surface area contributed by atoms with Crippen LogP contribution in [0.3, 0.4) is 0 Å². The number of aromatic nitrogens is 3. The van der Waals surface area contributed by atoms with Gasteiger partial charge in [0.1, 0.15) is 5.69 Å². The predicted molar refractivity (Wildman–Crippen MR) is 85.2 cm³/mol. The summed E-state index contributed by atoms with van der Waals surface area (Å²) in [6.07, 6.45) is -3.12. The van der Waals surface area contributed by atoms with Crippen molar-refractivity contribution in [1.29, 1.82) is 0 Å². The molecule has 2 aromatic heterocycles. The Bertz CT molecular complexity index is 686. The van der Waals surface area contributed by atoms with E-state index < -0.39 is 11.9 Å². The zero-order valence-electron chi connectivity index (χ0n) is 13.5. The molecule has 0 saturated carbocycles. The van der Waals surface area contributed by atoms with Crippen molar-refractivity contribution in [3.8, 4) is 0 Å². The van der Waals surface area contributed by atoms with Crippen LogP contribution in [0.4, 0.5) is 24.8 Å². The largest absolute Gasteiger partial charge is 0.433 e. The van der Waals surface area contributed by atoms with Crippen LogP contribution in [0, 0.1) is 13.8 Å². The Kier molecular flexibility index (Phi) is 4.29. The Balaban J connectivity index is 1.66. The van der Waals surface area contributed by atoms with Gasteiger partial charge in [0, 0.05) is 37.6 Å². The molecule has 3 heterocycles. The summed E-state index contributed by atoms with van der Waals surface area (Å²) in [5.41, 5.74) is 1.68. The molecule has 0 N–H and O–H groups in total. The third-order valence-corrected chi connectivity index (χ3v) is 3.94. The fourth-order valence-corrected chi connectivity index (χ4v) is 2.75. The van der Waals surface area contributed by atoms with Gasteiger partial charge >= 0.3 is 6.18 Å². The molecule has 2 aromatic rings. The summed E-state index contributed by atoms with van der Waals surface area (Å²) in [6.45, 7) is 6.66. The number of rotatable bonds is 2. The Labute approximate surface area is 138 Å². The van der Waals surface area contributed by atoms with Gasteiger partial charge in [0.15, 0.2) is 0 Å². The summed E-state index contributed by atoms with van der Waals surface area (Å²) in [5.74, 6) is 0.706. The highest BCUT2D eigenvalue weighted by Gasteiger charge is 2.32. The molecule has 1 aliphatic heterocycles. The van der Waals surface area contributed by atoms with Crippen LogP contribution >= 0.6 is 0 Å². The summed E-state index contributed by atoms with van der Waals surface area (Å²) in [5, 5.41) is 0. The second-order valence-electron chi connectivity index (χ2n) is 5.82. The first kappa shape index (κ1) is 16.5. The van der Waals surface area contributed by atoms with Crippen LogP contribution in [-0.4, -0.2) is 41.1 Å². The van der Waals surface area contributed by atoms with Crippen LogP contribution in [0.1, 0.15) is 17.1 Å². The fraction of sp³-hybridized carbons (Fsp3) is 0.438. The van der Waals surface area contributed by atoms with Crippen LogP contribution in [-0.2, 0) is 6.18 Å². The number of piperazine rings is 1. The molecule has 1 aliphatic rings. The Morgan fingerprint density at radius 3 is 2.00 bits per heavy atom.